The van der Waals surface area contributed by atoms with E-state index in [1.165, 1.54) is 0 Å². The van der Waals surface area contributed by atoms with Crippen LogP contribution in [0.2, 0.25) is 10.1 Å². The molecule has 0 amide bonds. The molecule has 146 valence electrons. The quantitative estimate of drug-likeness (QED) is 0.594. The van der Waals surface area contributed by atoms with Gasteiger partial charge in [0.25, 0.3) is 0 Å². The minimum Gasteiger partial charge on any atom is -0.391 e. The maximum atomic E-state index is 6.82. The van der Waals surface area contributed by atoms with Crippen LogP contribution in [0.4, 0.5) is 0 Å². The first kappa shape index (κ1) is 20.4. The molecular formula is C20H32O4SSi. The lowest BCUT2D eigenvalue weighted by Crippen LogP contribution is -2.65. The molecule has 6 heteroatoms. The number of benzene rings is 1. The van der Waals surface area contributed by atoms with Crippen molar-refractivity contribution in [3.8, 4) is 0 Å². The molecule has 4 nitrogen and oxygen atoms in total. The van der Waals surface area contributed by atoms with Crippen LogP contribution in [0.25, 0.3) is 0 Å². The number of rotatable bonds is 3. The minimum absolute atomic E-state index is 0.0606. The fourth-order valence-corrected chi connectivity index (χ4v) is 9.64. The summed E-state index contributed by atoms with van der Waals surface area (Å²) in [6, 6.07) is 10.2. The number of hydrogen-bond donors (Lipinski definition) is 1. The van der Waals surface area contributed by atoms with Crippen LogP contribution in [0.1, 0.15) is 47.1 Å². The lowest BCUT2D eigenvalue weighted by molar-refractivity contribution is -0.0800. The van der Waals surface area contributed by atoms with Crippen molar-refractivity contribution in [1.29, 1.82) is 0 Å². The Morgan fingerprint density at radius 3 is 2.27 bits per heavy atom. The van der Waals surface area contributed by atoms with E-state index in [4.69, 9.17) is 18.3 Å². The zero-order chi connectivity index (χ0) is 19.2. The summed E-state index contributed by atoms with van der Waals surface area (Å²) >= 11 is 4.62. The van der Waals surface area contributed by atoms with Gasteiger partial charge in [0.15, 0.2) is 0 Å². The highest BCUT2D eigenvalue weighted by Gasteiger charge is 2.64. The Kier molecular flexibility index (Phi) is 5.66. The lowest BCUT2D eigenvalue weighted by atomic mass is 10.1. The number of ether oxygens (including phenoxy) is 2. The number of fused-ring (bicyclic) bond motifs is 1. The number of thiol groups is 1. The average Bonchev–Trinajstić information content (AvgIpc) is 2.86. The van der Waals surface area contributed by atoms with Gasteiger partial charge in [-0.1, -0.05) is 71.9 Å². The van der Waals surface area contributed by atoms with Crippen molar-refractivity contribution in [3.05, 3.63) is 35.9 Å². The molecule has 3 rings (SSSR count). The van der Waals surface area contributed by atoms with E-state index in [0.717, 1.165) is 5.56 Å². The third kappa shape index (κ3) is 3.64. The second kappa shape index (κ2) is 7.22. The zero-order valence-corrected chi connectivity index (χ0v) is 18.6. The molecule has 2 heterocycles. The van der Waals surface area contributed by atoms with E-state index in [0.29, 0.717) is 13.2 Å². The van der Waals surface area contributed by atoms with Crippen molar-refractivity contribution in [2.45, 2.75) is 82.0 Å². The Bertz CT molecular complexity index is 596. The van der Waals surface area contributed by atoms with Crippen LogP contribution in [0.15, 0.2) is 30.3 Å². The maximum Gasteiger partial charge on any atom is 0.349 e. The Labute approximate surface area is 164 Å². The predicted molar refractivity (Wildman–Crippen MR) is 109 cm³/mol. The van der Waals surface area contributed by atoms with Crippen LogP contribution in [0.3, 0.4) is 0 Å². The first-order valence-corrected chi connectivity index (χ1v) is 11.7. The molecule has 2 saturated heterocycles. The molecule has 26 heavy (non-hydrogen) atoms. The molecule has 4 atom stereocenters. The van der Waals surface area contributed by atoms with Crippen molar-refractivity contribution in [2.24, 2.45) is 0 Å². The minimum atomic E-state index is -2.55. The molecule has 0 bridgehead atoms. The van der Waals surface area contributed by atoms with Crippen molar-refractivity contribution >= 4 is 21.2 Å². The largest absolute Gasteiger partial charge is 0.391 e. The van der Waals surface area contributed by atoms with E-state index >= 15 is 0 Å². The van der Waals surface area contributed by atoms with Crippen molar-refractivity contribution in [2.75, 3.05) is 6.61 Å². The Morgan fingerprint density at radius 1 is 1.08 bits per heavy atom. The fourth-order valence-electron chi connectivity index (χ4n) is 4.27. The summed E-state index contributed by atoms with van der Waals surface area (Å²) in [4.78, 5) is 0. The van der Waals surface area contributed by atoms with Crippen LogP contribution in [-0.2, 0) is 24.9 Å². The molecule has 0 saturated carbocycles. The molecule has 0 aliphatic carbocycles. The molecule has 0 N–H and O–H groups in total. The summed E-state index contributed by atoms with van der Waals surface area (Å²) in [6.45, 7) is 14.4. The van der Waals surface area contributed by atoms with E-state index in [1.54, 1.807) is 0 Å². The summed E-state index contributed by atoms with van der Waals surface area (Å²) in [5.74, 6) is 0. The molecule has 1 aromatic rings. The second-order valence-corrected chi connectivity index (χ2v) is 14.6. The van der Waals surface area contributed by atoms with E-state index in [-0.39, 0.29) is 33.8 Å². The van der Waals surface area contributed by atoms with Gasteiger partial charge in [0.2, 0.25) is 0 Å². The van der Waals surface area contributed by atoms with Crippen LogP contribution >= 0.6 is 12.6 Å². The third-order valence-corrected chi connectivity index (χ3v) is 10.8. The van der Waals surface area contributed by atoms with Gasteiger partial charge in [0.05, 0.1) is 13.2 Å². The van der Waals surface area contributed by atoms with Crippen molar-refractivity contribution < 1.29 is 18.3 Å². The maximum absolute atomic E-state index is 6.82. The van der Waals surface area contributed by atoms with Crippen molar-refractivity contribution in [3.63, 3.8) is 0 Å². The van der Waals surface area contributed by atoms with E-state index in [1.807, 2.05) is 18.2 Å². The lowest BCUT2D eigenvalue weighted by Gasteiger charge is -2.53. The summed E-state index contributed by atoms with van der Waals surface area (Å²) in [5, 5.41) is -0.121. The molecule has 2 aliphatic heterocycles. The van der Waals surface area contributed by atoms with Gasteiger partial charge in [0, 0.05) is 10.1 Å². The van der Waals surface area contributed by atoms with Gasteiger partial charge < -0.3 is 18.3 Å². The molecule has 0 radical (unpaired) electrons. The second-order valence-electron chi connectivity index (χ2n) is 9.34. The van der Waals surface area contributed by atoms with Gasteiger partial charge in [0.1, 0.15) is 23.7 Å². The van der Waals surface area contributed by atoms with Crippen LogP contribution < -0.4 is 0 Å². The Morgan fingerprint density at radius 2 is 1.69 bits per heavy atom. The first-order valence-electron chi connectivity index (χ1n) is 9.36. The fraction of sp³-hybridized carbons (Fsp3) is 0.700. The predicted octanol–water partition coefficient (Wildman–Crippen LogP) is 4.68. The topological polar surface area (TPSA) is 36.9 Å². The molecule has 1 aromatic carbocycles. The molecule has 2 aliphatic rings. The molecule has 0 aromatic heterocycles. The standard InChI is InChI=1S/C20H32O4SSi/c1-19(2,3)26(20(4,5)6)22-13-15-16(24-26)17(18(25)23-15)21-12-14-10-8-7-9-11-14/h7-11,15-18,25H,12-13H2,1-6H3/t15-,16-,17+,18-/m1/s1. The molecule has 2 fully saturated rings. The van der Waals surface area contributed by atoms with Crippen LogP contribution in [0.5, 0.6) is 0 Å². The SMILES string of the molecule is CC(C)(C)[Si]1(C(C)(C)C)OC[C@H]2O[C@H](S)[C@@H](OCc3ccccc3)[C@@H]2O1. The van der Waals surface area contributed by atoms with E-state index < -0.39 is 8.56 Å². The summed E-state index contributed by atoms with van der Waals surface area (Å²) in [5.41, 5.74) is 0.834. The highest BCUT2D eigenvalue weighted by Crippen LogP contribution is 2.55. The van der Waals surface area contributed by atoms with Gasteiger partial charge in [-0.25, -0.2) is 0 Å². The summed E-state index contributed by atoms with van der Waals surface area (Å²) in [6.07, 6.45) is -0.465. The Hall–Kier alpha value is -0.373. The van der Waals surface area contributed by atoms with Crippen LogP contribution in [0, 0.1) is 0 Å². The third-order valence-electron chi connectivity index (χ3n) is 5.30. The van der Waals surface area contributed by atoms with E-state index in [9.17, 15) is 0 Å². The normalized spacial score (nSPS) is 31.7. The number of hydrogen-bond acceptors (Lipinski definition) is 5. The van der Waals surface area contributed by atoms with E-state index in [2.05, 4.69) is 66.3 Å². The first-order chi connectivity index (χ1) is 12.1. The highest BCUT2D eigenvalue weighted by atomic mass is 32.1. The van der Waals surface area contributed by atoms with Crippen LogP contribution in [-0.4, -0.2) is 38.9 Å². The highest BCUT2D eigenvalue weighted by molar-refractivity contribution is 7.80. The average molecular weight is 397 g/mol. The van der Waals surface area contributed by atoms with Crippen molar-refractivity contribution in [1.82, 2.24) is 0 Å². The monoisotopic (exact) mass is 396 g/mol. The summed E-state index contributed by atoms with van der Waals surface area (Å²) in [7, 11) is -2.55. The zero-order valence-electron chi connectivity index (χ0n) is 16.7. The van der Waals surface area contributed by atoms with Gasteiger partial charge in [-0.2, -0.15) is 0 Å². The summed E-state index contributed by atoms with van der Waals surface area (Å²) < 4.78 is 25.5. The Balaban J connectivity index is 1.81. The van der Waals surface area contributed by atoms with Gasteiger partial charge >= 0.3 is 8.56 Å². The van der Waals surface area contributed by atoms with Gasteiger partial charge in [-0.05, 0) is 5.56 Å². The molecular weight excluding hydrogens is 364 g/mol. The molecule has 0 spiro atoms. The molecule has 0 unspecified atom stereocenters. The van der Waals surface area contributed by atoms with Gasteiger partial charge in [-0.3, -0.25) is 0 Å². The van der Waals surface area contributed by atoms with Gasteiger partial charge in [-0.15, -0.1) is 12.6 Å². The smallest absolute Gasteiger partial charge is 0.349 e.